The molecule has 108 valence electrons. The number of H-pyrrole nitrogens is 1. The van der Waals surface area contributed by atoms with E-state index in [4.69, 9.17) is 0 Å². The van der Waals surface area contributed by atoms with Gasteiger partial charge in [0.2, 0.25) is 0 Å². The average molecular weight is 299 g/mol. The molecule has 21 heavy (non-hydrogen) atoms. The van der Waals surface area contributed by atoms with Gasteiger partial charge < -0.3 is 9.55 Å². The van der Waals surface area contributed by atoms with Gasteiger partial charge in [-0.1, -0.05) is 30.0 Å². The summed E-state index contributed by atoms with van der Waals surface area (Å²) in [4.78, 5) is 20.1. The van der Waals surface area contributed by atoms with Crippen LogP contribution in [0.5, 0.6) is 0 Å². The van der Waals surface area contributed by atoms with Crippen molar-refractivity contribution < 1.29 is 4.79 Å². The van der Waals surface area contributed by atoms with Gasteiger partial charge in [0, 0.05) is 41.6 Å². The number of hydrogen-bond donors (Lipinski definition) is 1. The second-order valence-electron chi connectivity index (χ2n) is 4.87. The Labute approximate surface area is 127 Å². The summed E-state index contributed by atoms with van der Waals surface area (Å²) in [5, 5.41) is 1.70. The highest BCUT2D eigenvalue weighted by Crippen LogP contribution is 2.27. The molecule has 2 aromatic heterocycles. The van der Waals surface area contributed by atoms with E-state index in [1.54, 1.807) is 12.4 Å². The van der Waals surface area contributed by atoms with Crippen LogP contribution in [0.25, 0.3) is 10.9 Å². The Morgan fingerprint density at radius 1 is 1.43 bits per heavy atom. The van der Waals surface area contributed by atoms with Crippen LogP contribution in [0, 0.1) is 0 Å². The normalized spacial score (nSPS) is 12.7. The smallest absolute Gasteiger partial charge is 0.178 e. The lowest BCUT2D eigenvalue weighted by Crippen LogP contribution is -2.14. The molecule has 0 spiro atoms. The second-order valence-corrected chi connectivity index (χ2v) is 6.18. The van der Waals surface area contributed by atoms with Gasteiger partial charge in [0.05, 0.1) is 5.25 Å². The number of para-hydroxylation sites is 1. The number of aryl methyl sites for hydroxylation is 1. The number of carbonyl (C=O) groups excluding carboxylic acids is 1. The number of benzene rings is 1. The Morgan fingerprint density at radius 3 is 3.05 bits per heavy atom. The molecule has 0 aliphatic carbocycles. The van der Waals surface area contributed by atoms with Gasteiger partial charge in [0.1, 0.15) is 0 Å². The standard InChI is InChI=1S/C16H17N3OS/c1-3-19-9-8-17-16(19)21-11(2)15(20)13-10-18-14-7-5-4-6-12(13)14/h4-11,18H,3H2,1-2H3. The zero-order valence-electron chi connectivity index (χ0n) is 12.0. The van der Waals surface area contributed by atoms with Crippen LogP contribution < -0.4 is 0 Å². The van der Waals surface area contributed by atoms with Gasteiger partial charge in [-0.25, -0.2) is 4.98 Å². The molecule has 2 heterocycles. The minimum atomic E-state index is -0.170. The molecule has 1 atom stereocenters. The maximum absolute atomic E-state index is 12.7. The summed E-state index contributed by atoms with van der Waals surface area (Å²) in [5.74, 6) is 0.128. The quantitative estimate of drug-likeness (QED) is 0.576. The Morgan fingerprint density at radius 2 is 2.24 bits per heavy atom. The first-order valence-corrected chi connectivity index (χ1v) is 7.86. The summed E-state index contributed by atoms with van der Waals surface area (Å²) in [6, 6.07) is 7.87. The van der Waals surface area contributed by atoms with Crippen molar-refractivity contribution >= 4 is 28.4 Å². The first-order valence-electron chi connectivity index (χ1n) is 6.98. The van der Waals surface area contributed by atoms with Crippen molar-refractivity contribution in [2.24, 2.45) is 0 Å². The molecule has 0 saturated heterocycles. The predicted molar refractivity (Wildman–Crippen MR) is 85.8 cm³/mol. The molecule has 0 amide bonds. The number of imidazole rings is 1. The van der Waals surface area contributed by atoms with Gasteiger partial charge in [-0.2, -0.15) is 0 Å². The minimum Gasteiger partial charge on any atom is -0.360 e. The summed E-state index contributed by atoms with van der Waals surface area (Å²) in [5.41, 5.74) is 1.74. The monoisotopic (exact) mass is 299 g/mol. The fourth-order valence-electron chi connectivity index (χ4n) is 2.36. The summed E-state index contributed by atoms with van der Waals surface area (Å²) in [6.07, 6.45) is 5.51. The number of fused-ring (bicyclic) bond motifs is 1. The van der Waals surface area contributed by atoms with Crippen LogP contribution in [0.15, 0.2) is 48.0 Å². The summed E-state index contributed by atoms with van der Waals surface area (Å²) in [7, 11) is 0. The molecule has 0 saturated carbocycles. The van der Waals surface area contributed by atoms with E-state index in [1.165, 1.54) is 11.8 Å². The minimum absolute atomic E-state index is 0.128. The van der Waals surface area contributed by atoms with Crippen LogP contribution in [0.3, 0.4) is 0 Å². The SMILES string of the molecule is CCn1ccnc1SC(C)C(=O)c1c[nH]c2ccccc12. The van der Waals surface area contributed by atoms with E-state index in [9.17, 15) is 4.79 Å². The average Bonchev–Trinajstić information content (AvgIpc) is 3.12. The number of aromatic nitrogens is 3. The number of nitrogens with one attached hydrogen (secondary N) is 1. The number of hydrogen-bond acceptors (Lipinski definition) is 3. The van der Waals surface area contributed by atoms with Gasteiger partial charge in [-0.15, -0.1) is 0 Å². The van der Waals surface area contributed by atoms with E-state index < -0.39 is 0 Å². The van der Waals surface area contributed by atoms with Crippen molar-refractivity contribution in [1.29, 1.82) is 0 Å². The molecule has 0 radical (unpaired) electrons. The molecular weight excluding hydrogens is 282 g/mol. The third-order valence-corrected chi connectivity index (χ3v) is 4.64. The van der Waals surface area contributed by atoms with Crippen LogP contribution in [-0.2, 0) is 6.54 Å². The lowest BCUT2D eigenvalue weighted by molar-refractivity contribution is 0.0995. The highest BCUT2D eigenvalue weighted by atomic mass is 32.2. The van der Waals surface area contributed by atoms with Crippen LogP contribution in [0.4, 0.5) is 0 Å². The number of aromatic amines is 1. The van der Waals surface area contributed by atoms with E-state index >= 15 is 0 Å². The molecule has 3 aromatic rings. The maximum atomic E-state index is 12.7. The third kappa shape index (κ3) is 2.61. The molecular formula is C16H17N3OS. The summed E-state index contributed by atoms with van der Waals surface area (Å²) >= 11 is 1.50. The lowest BCUT2D eigenvalue weighted by Gasteiger charge is -2.10. The van der Waals surface area contributed by atoms with Crippen LogP contribution in [0.2, 0.25) is 0 Å². The number of carbonyl (C=O) groups is 1. The Kier molecular flexibility index (Phi) is 3.84. The predicted octanol–water partition coefficient (Wildman–Crippen LogP) is 3.75. The lowest BCUT2D eigenvalue weighted by atomic mass is 10.1. The van der Waals surface area contributed by atoms with E-state index in [-0.39, 0.29) is 11.0 Å². The zero-order valence-corrected chi connectivity index (χ0v) is 12.9. The molecule has 0 bridgehead atoms. The molecule has 0 fully saturated rings. The van der Waals surface area contributed by atoms with E-state index in [2.05, 4.69) is 16.9 Å². The topological polar surface area (TPSA) is 50.7 Å². The number of rotatable bonds is 5. The molecule has 3 rings (SSSR count). The van der Waals surface area contributed by atoms with Gasteiger partial charge in [0.15, 0.2) is 10.9 Å². The van der Waals surface area contributed by atoms with Gasteiger partial charge >= 0.3 is 0 Å². The van der Waals surface area contributed by atoms with Gasteiger partial charge in [-0.3, -0.25) is 4.79 Å². The van der Waals surface area contributed by atoms with Gasteiger partial charge in [0.25, 0.3) is 0 Å². The number of thioether (sulfide) groups is 1. The van der Waals surface area contributed by atoms with E-state index in [0.29, 0.717) is 0 Å². The largest absolute Gasteiger partial charge is 0.360 e. The van der Waals surface area contributed by atoms with Gasteiger partial charge in [-0.05, 0) is 19.9 Å². The maximum Gasteiger partial charge on any atom is 0.178 e. The first kappa shape index (κ1) is 13.9. The van der Waals surface area contributed by atoms with Crippen molar-refractivity contribution in [3.8, 4) is 0 Å². The van der Waals surface area contributed by atoms with Crippen molar-refractivity contribution in [2.45, 2.75) is 30.8 Å². The molecule has 1 aromatic carbocycles. The second kappa shape index (κ2) is 5.77. The van der Waals surface area contributed by atoms with Crippen molar-refractivity contribution in [2.75, 3.05) is 0 Å². The van der Waals surface area contributed by atoms with E-state index in [1.807, 2.05) is 42.0 Å². The Hall–Kier alpha value is -2.01. The Balaban J connectivity index is 1.84. The zero-order chi connectivity index (χ0) is 14.8. The summed E-state index contributed by atoms with van der Waals surface area (Å²) in [6.45, 7) is 4.86. The summed E-state index contributed by atoms with van der Waals surface area (Å²) < 4.78 is 2.05. The fourth-order valence-corrected chi connectivity index (χ4v) is 3.36. The molecule has 4 nitrogen and oxygen atoms in total. The fraction of sp³-hybridized carbons (Fsp3) is 0.250. The molecule has 0 aliphatic rings. The highest BCUT2D eigenvalue weighted by Gasteiger charge is 2.21. The Bertz CT molecular complexity index is 775. The van der Waals surface area contributed by atoms with Crippen LogP contribution in [-0.4, -0.2) is 25.6 Å². The van der Waals surface area contributed by atoms with Crippen LogP contribution in [0.1, 0.15) is 24.2 Å². The first-order chi connectivity index (χ1) is 10.2. The molecule has 1 unspecified atom stereocenters. The molecule has 0 aliphatic heterocycles. The molecule has 1 N–H and O–H groups in total. The third-order valence-electron chi connectivity index (χ3n) is 3.52. The van der Waals surface area contributed by atoms with Crippen molar-refractivity contribution in [1.82, 2.24) is 14.5 Å². The number of nitrogens with zero attached hydrogens (tertiary/aromatic N) is 2. The van der Waals surface area contributed by atoms with Crippen molar-refractivity contribution in [3.63, 3.8) is 0 Å². The van der Waals surface area contributed by atoms with E-state index in [0.717, 1.165) is 28.2 Å². The molecule has 5 heteroatoms. The van der Waals surface area contributed by atoms with Crippen molar-refractivity contribution in [3.05, 3.63) is 48.4 Å². The number of ketones is 1. The number of Topliss-reactive ketones (excluding diaryl/α,β-unsaturated/α-hetero) is 1. The highest BCUT2D eigenvalue weighted by molar-refractivity contribution is 8.00. The van der Waals surface area contributed by atoms with Crippen LogP contribution >= 0.6 is 11.8 Å².